The Morgan fingerprint density at radius 3 is 2.80 bits per heavy atom. The molecule has 0 saturated heterocycles. The van der Waals surface area contributed by atoms with Gasteiger partial charge in [-0.3, -0.25) is 4.79 Å². The maximum absolute atomic E-state index is 12.4. The van der Waals surface area contributed by atoms with Gasteiger partial charge in [-0.15, -0.1) is 0 Å². The lowest BCUT2D eigenvalue weighted by molar-refractivity contribution is -0.121. The fourth-order valence-corrected chi connectivity index (χ4v) is 3.34. The minimum absolute atomic E-state index is 0.0894. The molecule has 1 aromatic carbocycles. The number of anilines is 1. The highest BCUT2D eigenvalue weighted by Gasteiger charge is 2.39. The molecule has 1 aliphatic carbocycles. The molecule has 2 aliphatic rings. The highest BCUT2D eigenvalue weighted by molar-refractivity contribution is 6.09. The number of hydrogen-bond donors (Lipinski definition) is 2. The minimum atomic E-state index is -0.980. The standard InChI is InChI=1S/C15H14N2O3/c18-14-13(8-3-1-4-8)17-11(15(19)20)7-9-5-2-6-10(16-14)12(9)17/h2,5-8,13H,1,3-4H2,(H,16,18)(H,19,20). The Kier molecular flexibility index (Phi) is 2.22. The van der Waals surface area contributed by atoms with E-state index in [1.807, 2.05) is 18.2 Å². The molecule has 20 heavy (non-hydrogen) atoms. The predicted octanol–water partition coefficient (Wildman–Crippen LogP) is 2.63. The van der Waals surface area contributed by atoms with Crippen LogP contribution in [0, 0.1) is 5.92 Å². The van der Waals surface area contributed by atoms with E-state index in [1.165, 1.54) is 0 Å². The number of hydrogen-bond acceptors (Lipinski definition) is 2. The van der Waals surface area contributed by atoms with Crippen molar-refractivity contribution in [3.8, 4) is 0 Å². The van der Waals surface area contributed by atoms with Crippen molar-refractivity contribution < 1.29 is 14.7 Å². The molecule has 1 fully saturated rings. The van der Waals surface area contributed by atoms with Crippen LogP contribution in [0.2, 0.25) is 0 Å². The Morgan fingerprint density at radius 2 is 2.15 bits per heavy atom. The summed E-state index contributed by atoms with van der Waals surface area (Å²) >= 11 is 0. The van der Waals surface area contributed by atoms with Crippen LogP contribution in [0.1, 0.15) is 35.8 Å². The molecule has 1 unspecified atom stereocenters. The van der Waals surface area contributed by atoms with Gasteiger partial charge in [0.05, 0.1) is 11.2 Å². The van der Waals surface area contributed by atoms with Crippen LogP contribution >= 0.6 is 0 Å². The number of nitrogens with one attached hydrogen (secondary N) is 1. The van der Waals surface area contributed by atoms with E-state index < -0.39 is 5.97 Å². The third-order valence-corrected chi connectivity index (χ3v) is 4.48. The van der Waals surface area contributed by atoms with Gasteiger partial charge in [-0.05, 0) is 30.9 Å². The van der Waals surface area contributed by atoms with E-state index in [0.717, 1.165) is 30.2 Å². The van der Waals surface area contributed by atoms with Crippen molar-refractivity contribution >= 4 is 28.5 Å². The van der Waals surface area contributed by atoms with Gasteiger partial charge < -0.3 is 15.0 Å². The molecule has 1 amide bonds. The van der Waals surface area contributed by atoms with Crippen LogP contribution in [-0.4, -0.2) is 21.6 Å². The second-order valence-corrected chi connectivity index (χ2v) is 5.57. The number of rotatable bonds is 2. The van der Waals surface area contributed by atoms with Gasteiger partial charge in [0.1, 0.15) is 11.7 Å². The summed E-state index contributed by atoms with van der Waals surface area (Å²) in [6.07, 6.45) is 3.08. The fraction of sp³-hybridized carbons (Fsp3) is 0.333. The average Bonchev–Trinajstić information content (AvgIpc) is 2.73. The van der Waals surface area contributed by atoms with Crippen LogP contribution in [0.3, 0.4) is 0 Å². The molecule has 1 aromatic heterocycles. The van der Waals surface area contributed by atoms with E-state index in [-0.39, 0.29) is 23.6 Å². The summed E-state index contributed by atoms with van der Waals surface area (Å²) in [5, 5.41) is 13.2. The Bertz CT molecular complexity index is 743. The number of nitrogens with zero attached hydrogens (tertiary/aromatic N) is 1. The van der Waals surface area contributed by atoms with Crippen LogP contribution in [0.25, 0.3) is 10.9 Å². The highest BCUT2D eigenvalue weighted by atomic mass is 16.4. The molecule has 5 nitrogen and oxygen atoms in total. The molecule has 2 heterocycles. The number of para-hydroxylation sites is 1. The zero-order valence-electron chi connectivity index (χ0n) is 10.8. The Hall–Kier alpha value is -2.30. The molecule has 1 atom stereocenters. The number of carbonyl (C=O) groups excluding carboxylic acids is 1. The van der Waals surface area contributed by atoms with Crippen LogP contribution in [0.15, 0.2) is 24.3 Å². The van der Waals surface area contributed by atoms with Crippen molar-refractivity contribution in [1.29, 1.82) is 0 Å². The second kappa shape index (κ2) is 3.85. The summed E-state index contributed by atoms with van der Waals surface area (Å²) in [5.74, 6) is -0.823. The van der Waals surface area contributed by atoms with Crippen molar-refractivity contribution in [3.63, 3.8) is 0 Å². The topological polar surface area (TPSA) is 71.3 Å². The first-order valence-corrected chi connectivity index (χ1v) is 6.85. The highest BCUT2D eigenvalue weighted by Crippen LogP contribution is 2.43. The van der Waals surface area contributed by atoms with Crippen LogP contribution in [0.4, 0.5) is 5.69 Å². The number of amides is 1. The number of carbonyl (C=O) groups is 2. The molecule has 1 aliphatic heterocycles. The average molecular weight is 270 g/mol. The summed E-state index contributed by atoms with van der Waals surface area (Å²) in [6.45, 7) is 0. The fourth-order valence-electron chi connectivity index (χ4n) is 3.34. The van der Waals surface area contributed by atoms with Gasteiger partial charge in [0.25, 0.3) is 0 Å². The summed E-state index contributed by atoms with van der Waals surface area (Å²) < 4.78 is 1.73. The predicted molar refractivity (Wildman–Crippen MR) is 73.9 cm³/mol. The molecule has 0 spiro atoms. The van der Waals surface area contributed by atoms with Gasteiger partial charge in [-0.1, -0.05) is 18.6 Å². The van der Waals surface area contributed by atoms with Crippen molar-refractivity contribution in [1.82, 2.24) is 4.57 Å². The monoisotopic (exact) mass is 270 g/mol. The normalized spacial score (nSPS) is 21.6. The minimum Gasteiger partial charge on any atom is -0.477 e. The molecular formula is C15H14N2O3. The van der Waals surface area contributed by atoms with Gasteiger partial charge in [-0.2, -0.15) is 0 Å². The van der Waals surface area contributed by atoms with E-state index >= 15 is 0 Å². The Balaban J connectivity index is 2.03. The van der Waals surface area contributed by atoms with Gasteiger partial charge in [0.2, 0.25) is 5.91 Å². The number of benzene rings is 1. The first-order valence-electron chi connectivity index (χ1n) is 6.85. The Labute approximate surface area is 115 Å². The molecule has 0 bridgehead atoms. The van der Waals surface area contributed by atoms with E-state index in [1.54, 1.807) is 10.6 Å². The summed E-state index contributed by atoms with van der Waals surface area (Å²) in [7, 11) is 0. The van der Waals surface area contributed by atoms with Crippen molar-refractivity contribution in [2.75, 3.05) is 5.32 Å². The SMILES string of the molecule is O=C(O)c1cc2cccc3c2n1C(C1CCC1)C(=O)N3. The molecule has 4 rings (SSSR count). The largest absolute Gasteiger partial charge is 0.477 e. The third-order valence-electron chi connectivity index (χ3n) is 4.48. The van der Waals surface area contributed by atoms with Gasteiger partial charge in [0, 0.05) is 5.39 Å². The third kappa shape index (κ3) is 1.37. The summed E-state index contributed by atoms with van der Waals surface area (Å²) in [6, 6.07) is 6.81. The molecule has 2 N–H and O–H groups in total. The smallest absolute Gasteiger partial charge is 0.352 e. The number of aromatic carboxylic acids is 1. The molecule has 0 radical (unpaired) electrons. The Morgan fingerprint density at radius 1 is 1.35 bits per heavy atom. The van der Waals surface area contributed by atoms with E-state index in [0.29, 0.717) is 5.69 Å². The second-order valence-electron chi connectivity index (χ2n) is 5.57. The van der Waals surface area contributed by atoms with E-state index in [9.17, 15) is 14.7 Å². The molecule has 1 saturated carbocycles. The number of carboxylic acid groups (broad SMARTS) is 1. The van der Waals surface area contributed by atoms with Crippen molar-refractivity contribution in [3.05, 3.63) is 30.0 Å². The number of aromatic nitrogens is 1. The lowest BCUT2D eigenvalue weighted by Crippen LogP contribution is -2.39. The van der Waals surface area contributed by atoms with E-state index in [4.69, 9.17) is 0 Å². The first-order chi connectivity index (χ1) is 9.66. The van der Waals surface area contributed by atoms with E-state index in [2.05, 4.69) is 5.32 Å². The van der Waals surface area contributed by atoms with Gasteiger partial charge >= 0.3 is 5.97 Å². The van der Waals surface area contributed by atoms with Crippen LogP contribution < -0.4 is 5.32 Å². The van der Waals surface area contributed by atoms with Gasteiger partial charge in [0.15, 0.2) is 0 Å². The maximum Gasteiger partial charge on any atom is 0.352 e. The zero-order chi connectivity index (χ0) is 13.9. The molecule has 102 valence electrons. The zero-order valence-corrected chi connectivity index (χ0v) is 10.8. The van der Waals surface area contributed by atoms with Crippen molar-refractivity contribution in [2.24, 2.45) is 5.92 Å². The lowest BCUT2D eigenvalue weighted by Gasteiger charge is -2.37. The molecule has 5 heteroatoms. The molecular weight excluding hydrogens is 256 g/mol. The maximum atomic E-state index is 12.4. The van der Waals surface area contributed by atoms with Crippen molar-refractivity contribution in [2.45, 2.75) is 25.3 Å². The summed E-state index contributed by atoms with van der Waals surface area (Å²) in [5.41, 5.74) is 1.75. The van der Waals surface area contributed by atoms with Gasteiger partial charge in [-0.25, -0.2) is 4.79 Å². The molecule has 2 aromatic rings. The lowest BCUT2D eigenvalue weighted by atomic mass is 9.78. The number of carboxylic acids is 1. The summed E-state index contributed by atoms with van der Waals surface area (Å²) in [4.78, 5) is 23.9. The van der Waals surface area contributed by atoms with Crippen LogP contribution in [0.5, 0.6) is 0 Å². The van der Waals surface area contributed by atoms with Crippen LogP contribution in [-0.2, 0) is 4.79 Å². The quantitative estimate of drug-likeness (QED) is 0.881. The first kappa shape index (κ1) is 11.5.